The first kappa shape index (κ1) is 8.97. The predicted molar refractivity (Wildman–Crippen MR) is 42.7 cm³/mol. The van der Waals surface area contributed by atoms with Crippen LogP contribution in [0, 0.1) is 0 Å². The third-order valence-electron chi connectivity index (χ3n) is 2.13. The first-order chi connectivity index (χ1) is 5.33. The molecule has 0 spiro atoms. The molecule has 0 aliphatic heterocycles. The maximum Gasteiger partial charge on any atom is 0.174 e. The van der Waals surface area contributed by atoms with Gasteiger partial charge in [0.2, 0.25) is 0 Å². The van der Waals surface area contributed by atoms with Gasteiger partial charge in [-0.1, -0.05) is 19.3 Å². The molecule has 0 aromatic rings. The molecule has 0 aromatic carbocycles. The SMILES string of the molecule is CC(ON)OC1CCCCC1. The van der Waals surface area contributed by atoms with Crippen LogP contribution >= 0.6 is 0 Å². The van der Waals surface area contributed by atoms with Crippen molar-refractivity contribution in [1.82, 2.24) is 0 Å². The molecule has 3 nitrogen and oxygen atoms in total. The molecule has 0 bridgehead atoms. The minimum absolute atomic E-state index is 0.252. The lowest BCUT2D eigenvalue weighted by molar-refractivity contribution is -0.168. The van der Waals surface area contributed by atoms with E-state index in [9.17, 15) is 0 Å². The van der Waals surface area contributed by atoms with Gasteiger partial charge in [-0.3, -0.25) is 4.84 Å². The van der Waals surface area contributed by atoms with E-state index in [0.29, 0.717) is 6.10 Å². The first-order valence-corrected chi connectivity index (χ1v) is 4.34. The van der Waals surface area contributed by atoms with Crippen LogP contribution in [0.25, 0.3) is 0 Å². The normalized spacial score (nSPS) is 23.5. The summed E-state index contributed by atoms with van der Waals surface area (Å²) in [4.78, 5) is 4.53. The Labute approximate surface area is 67.8 Å². The third kappa shape index (κ3) is 3.18. The van der Waals surface area contributed by atoms with Crippen LogP contribution in [0.1, 0.15) is 39.0 Å². The van der Waals surface area contributed by atoms with E-state index in [-0.39, 0.29) is 6.29 Å². The Morgan fingerprint density at radius 2 is 1.91 bits per heavy atom. The highest BCUT2D eigenvalue weighted by Crippen LogP contribution is 2.21. The summed E-state index contributed by atoms with van der Waals surface area (Å²) in [5.74, 6) is 4.96. The minimum atomic E-state index is -0.252. The van der Waals surface area contributed by atoms with Crippen LogP contribution in [0.3, 0.4) is 0 Å². The lowest BCUT2D eigenvalue weighted by Crippen LogP contribution is -2.26. The maximum absolute atomic E-state index is 5.49. The van der Waals surface area contributed by atoms with Crippen LogP contribution in [-0.4, -0.2) is 12.4 Å². The van der Waals surface area contributed by atoms with Gasteiger partial charge in [0.25, 0.3) is 0 Å². The fraction of sp³-hybridized carbons (Fsp3) is 1.00. The van der Waals surface area contributed by atoms with Crippen LogP contribution in [-0.2, 0) is 9.57 Å². The molecular weight excluding hydrogens is 142 g/mol. The topological polar surface area (TPSA) is 44.5 Å². The van der Waals surface area contributed by atoms with Crippen molar-refractivity contribution in [1.29, 1.82) is 0 Å². The second-order valence-electron chi connectivity index (χ2n) is 3.10. The Kier molecular flexibility index (Phi) is 3.83. The fourth-order valence-electron chi connectivity index (χ4n) is 1.50. The second kappa shape index (κ2) is 4.70. The summed E-state index contributed by atoms with van der Waals surface area (Å²) in [5, 5.41) is 0. The highest BCUT2D eigenvalue weighted by molar-refractivity contribution is 4.64. The Balaban J connectivity index is 2.13. The average molecular weight is 159 g/mol. The van der Waals surface area contributed by atoms with Gasteiger partial charge in [-0.25, -0.2) is 5.90 Å². The average Bonchev–Trinajstić information content (AvgIpc) is 2.06. The molecule has 0 heterocycles. The summed E-state index contributed by atoms with van der Waals surface area (Å²) in [6, 6.07) is 0. The molecular formula is C8H17NO2. The Bertz CT molecular complexity index is 102. The molecule has 66 valence electrons. The summed E-state index contributed by atoms with van der Waals surface area (Å²) in [6.45, 7) is 1.83. The van der Waals surface area contributed by atoms with Gasteiger partial charge in [-0.15, -0.1) is 0 Å². The lowest BCUT2D eigenvalue weighted by Gasteiger charge is -2.24. The maximum atomic E-state index is 5.49. The highest BCUT2D eigenvalue weighted by Gasteiger charge is 2.16. The van der Waals surface area contributed by atoms with Crippen molar-refractivity contribution < 1.29 is 9.57 Å². The van der Waals surface area contributed by atoms with Crippen molar-refractivity contribution in [3.05, 3.63) is 0 Å². The summed E-state index contributed by atoms with van der Waals surface area (Å²) in [6.07, 6.45) is 6.35. The van der Waals surface area contributed by atoms with E-state index in [1.54, 1.807) is 0 Å². The van der Waals surface area contributed by atoms with Gasteiger partial charge in [0.15, 0.2) is 6.29 Å². The van der Waals surface area contributed by atoms with Crippen LogP contribution in [0.5, 0.6) is 0 Å². The van der Waals surface area contributed by atoms with Crippen molar-refractivity contribution in [3.8, 4) is 0 Å². The zero-order valence-corrected chi connectivity index (χ0v) is 7.08. The molecule has 1 aliphatic carbocycles. The van der Waals surface area contributed by atoms with Gasteiger partial charge < -0.3 is 4.74 Å². The van der Waals surface area contributed by atoms with E-state index in [0.717, 1.165) is 12.8 Å². The van der Waals surface area contributed by atoms with Crippen LogP contribution < -0.4 is 5.90 Å². The summed E-state index contributed by atoms with van der Waals surface area (Å²) in [7, 11) is 0. The Morgan fingerprint density at radius 3 is 2.45 bits per heavy atom. The van der Waals surface area contributed by atoms with E-state index >= 15 is 0 Å². The number of ether oxygens (including phenoxy) is 1. The van der Waals surface area contributed by atoms with E-state index in [2.05, 4.69) is 4.84 Å². The molecule has 0 amide bonds. The van der Waals surface area contributed by atoms with E-state index < -0.39 is 0 Å². The smallest absolute Gasteiger partial charge is 0.174 e. The van der Waals surface area contributed by atoms with Crippen molar-refractivity contribution >= 4 is 0 Å². The van der Waals surface area contributed by atoms with Gasteiger partial charge in [-0.2, -0.15) is 0 Å². The van der Waals surface area contributed by atoms with Crippen molar-refractivity contribution in [2.45, 2.75) is 51.4 Å². The molecule has 1 rings (SSSR count). The minimum Gasteiger partial charge on any atom is -0.348 e. The molecule has 0 radical (unpaired) electrons. The molecule has 3 heteroatoms. The first-order valence-electron chi connectivity index (χ1n) is 4.34. The Morgan fingerprint density at radius 1 is 1.27 bits per heavy atom. The zero-order valence-electron chi connectivity index (χ0n) is 7.08. The third-order valence-corrected chi connectivity index (χ3v) is 2.13. The van der Waals surface area contributed by atoms with E-state index in [1.165, 1.54) is 19.3 Å². The molecule has 1 atom stereocenters. The number of rotatable bonds is 3. The standard InChI is InChI=1S/C8H17NO2/c1-7(11-9)10-8-5-3-2-4-6-8/h7-8H,2-6,9H2,1H3. The Hall–Kier alpha value is -0.120. The molecule has 0 saturated heterocycles. The van der Waals surface area contributed by atoms with Gasteiger partial charge in [0.05, 0.1) is 6.10 Å². The molecule has 0 aromatic heterocycles. The highest BCUT2D eigenvalue weighted by atomic mass is 16.8. The number of nitrogens with two attached hydrogens (primary N) is 1. The molecule has 1 saturated carbocycles. The summed E-state index contributed by atoms with van der Waals surface area (Å²) in [5.41, 5.74) is 0. The quantitative estimate of drug-likeness (QED) is 0.502. The largest absolute Gasteiger partial charge is 0.348 e. The molecule has 2 N–H and O–H groups in total. The fourth-order valence-corrected chi connectivity index (χ4v) is 1.50. The van der Waals surface area contributed by atoms with Gasteiger partial charge >= 0.3 is 0 Å². The number of hydrogen-bond donors (Lipinski definition) is 1. The predicted octanol–water partition coefficient (Wildman–Crippen LogP) is 1.57. The van der Waals surface area contributed by atoms with E-state index in [1.807, 2.05) is 6.92 Å². The lowest BCUT2D eigenvalue weighted by atomic mass is 9.98. The zero-order chi connectivity index (χ0) is 8.10. The van der Waals surface area contributed by atoms with Crippen LogP contribution in [0.15, 0.2) is 0 Å². The van der Waals surface area contributed by atoms with Crippen molar-refractivity contribution in [3.63, 3.8) is 0 Å². The molecule has 1 aliphatic rings. The molecule has 1 fully saturated rings. The van der Waals surface area contributed by atoms with Crippen LogP contribution in [0.2, 0.25) is 0 Å². The monoisotopic (exact) mass is 159 g/mol. The molecule has 1 unspecified atom stereocenters. The van der Waals surface area contributed by atoms with Gasteiger partial charge in [0.1, 0.15) is 0 Å². The van der Waals surface area contributed by atoms with E-state index in [4.69, 9.17) is 10.6 Å². The number of hydrogen-bond acceptors (Lipinski definition) is 3. The van der Waals surface area contributed by atoms with Crippen molar-refractivity contribution in [2.75, 3.05) is 0 Å². The molecule has 11 heavy (non-hydrogen) atoms. The second-order valence-corrected chi connectivity index (χ2v) is 3.10. The van der Waals surface area contributed by atoms with Crippen LogP contribution in [0.4, 0.5) is 0 Å². The summed E-state index contributed by atoms with van der Waals surface area (Å²) < 4.78 is 5.49. The van der Waals surface area contributed by atoms with Crippen molar-refractivity contribution in [2.24, 2.45) is 5.90 Å². The van der Waals surface area contributed by atoms with Gasteiger partial charge in [-0.05, 0) is 19.8 Å². The summed E-state index contributed by atoms with van der Waals surface area (Å²) >= 11 is 0. The van der Waals surface area contributed by atoms with Gasteiger partial charge in [0, 0.05) is 0 Å².